The van der Waals surface area contributed by atoms with Gasteiger partial charge in [-0.15, -0.1) is 0 Å². The van der Waals surface area contributed by atoms with Crippen LogP contribution in [-0.4, -0.2) is 31.8 Å². The molecule has 1 rings (SSSR count). The van der Waals surface area contributed by atoms with Gasteiger partial charge in [0.2, 0.25) is 0 Å². The van der Waals surface area contributed by atoms with Crippen molar-refractivity contribution in [1.29, 1.82) is 0 Å². The number of ether oxygens (including phenoxy) is 2. The Labute approximate surface area is 112 Å². The summed E-state index contributed by atoms with van der Waals surface area (Å²) in [6.07, 6.45) is 2.12. The molecule has 6 heteroatoms. The quantitative estimate of drug-likeness (QED) is 0.423. The van der Waals surface area contributed by atoms with E-state index in [4.69, 9.17) is 9.47 Å². The van der Waals surface area contributed by atoms with E-state index in [-0.39, 0.29) is 11.4 Å². The number of nitro groups is 1. The number of hydrogen-bond donors (Lipinski definition) is 1. The lowest BCUT2D eigenvalue weighted by Crippen LogP contribution is -2.11. The van der Waals surface area contributed by atoms with Crippen LogP contribution in [-0.2, 0) is 4.74 Å². The number of rotatable bonds is 9. The molecule has 0 fully saturated rings. The molecule has 0 unspecified atom stereocenters. The minimum absolute atomic E-state index is 0.0430. The number of nitrogens with zero attached hydrogens (tertiary/aromatic N) is 1. The number of hydrogen-bond acceptors (Lipinski definition) is 5. The number of nitrogens with one attached hydrogen (secondary N) is 1. The Hall–Kier alpha value is -1.82. The molecule has 1 aromatic carbocycles. The van der Waals surface area contributed by atoms with Gasteiger partial charge in [-0.05, 0) is 18.6 Å². The number of nitro benzene ring substituents is 1. The van der Waals surface area contributed by atoms with Crippen LogP contribution in [0.15, 0.2) is 18.2 Å². The second-order valence-electron chi connectivity index (χ2n) is 4.01. The fourth-order valence-corrected chi connectivity index (χ4v) is 1.62. The van der Waals surface area contributed by atoms with Crippen LogP contribution in [0.3, 0.4) is 0 Å². The molecule has 0 bridgehead atoms. The van der Waals surface area contributed by atoms with Crippen molar-refractivity contribution >= 4 is 11.4 Å². The zero-order valence-corrected chi connectivity index (χ0v) is 11.3. The minimum atomic E-state index is -0.445. The Kier molecular flexibility index (Phi) is 6.67. The highest BCUT2D eigenvalue weighted by molar-refractivity contribution is 5.68. The second-order valence-corrected chi connectivity index (χ2v) is 4.01. The molecule has 0 aromatic heterocycles. The van der Waals surface area contributed by atoms with E-state index < -0.39 is 4.92 Å². The van der Waals surface area contributed by atoms with Crippen LogP contribution in [0.2, 0.25) is 0 Å². The fourth-order valence-electron chi connectivity index (χ4n) is 1.62. The molecular weight excluding hydrogens is 248 g/mol. The van der Waals surface area contributed by atoms with E-state index >= 15 is 0 Å². The summed E-state index contributed by atoms with van der Waals surface area (Å²) in [4.78, 5) is 10.6. The summed E-state index contributed by atoms with van der Waals surface area (Å²) in [5.74, 6) is 0.252. The Morgan fingerprint density at radius 2 is 2.16 bits per heavy atom. The van der Waals surface area contributed by atoms with E-state index in [1.807, 2.05) is 0 Å². The van der Waals surface area contributed by atoms with E-state index in [0.717, 1.165) is 19.4 Å². The molecule has 6 nitrogen and oxygen atoms in total. The van der Waals surface area contributed by atoms with Gasteiger partial charge in [-0.3, -0.25) is 10.1 Å². The van der Waals surface area contributed by atoms with Gasteiger partial charge >= 0.3 is 5.69 Å². The molecule has 0 saturated heterocycles. The van der Waals surface area contributed by atoms with Gasteiger partial charge in [0.1, 0.15) is 5.69 Å². The summed E-state index contributed by atoms with van der Waals surface area (Å²) in [5, 5.41) is 14.0. The Balaban J connectivity index is 2.55. The Morgan fingerprint density at radius 1 is 1.37 bits per heavy atom. The first-order chi connectivity index (χ1) is 9.20. The number of anilines is 1. The summed E-state index contributed by atoms with van der Waals surface area (Å²) >= 11 is 0. The molecule has 106 valence electrons. The summed E-state index contributed by atoms with van der Waals surface area (Å²) in [7, 11) is 1.42. The van der Waals surface area contributed by atoms with E-state index in [2.05, 4.69) is 12.2 Å². The SMILES string of the molecule is CCCCOCCNc1cccc(OC)c1[N+](=O)[O-]. The lowest BCUT2D eigenvalue weighted by atomic mass is 10.2. The van der Waals surface area contributed by atoms with Crippen molar-refractivity contribution in [2.24, 2.45) is 0 Å². The average Bonchev–Trinajstić information content (AvgIpc) is 2.42. The number of benzene rings is 1. The monoisotopic (exact) mass is 268 g/mol. The molecule has 19 heavy (non-hydrogen) atoms. The van der Waals surface area contributed by atoms with Crippen LogP contribution in [0.25, 0.3) is 0 Å². The average molecular weight is 268 g/mol. The van der Waals surface area contributed by atoms with Crippen LogP contribution < -0.4 is 10.1 Å². The topological polar surface area (TPSA) is 73.6 Å². The smallest absolute Gasteiger partial charge is 0.333 e. The van der Waals surface area contributed by atoms with Crippen molar-refractivity contribution < 1.29 is 14.4 Å². The number of para-hydroxylation sites is 1. The van der Waals surface area contributed by atoms with Crippen molar-refractivity contribution in [2.75, 3.05) is 32.2 Å². The summed E-state index contributed by atoms with van der Waals surface area (Å²) < 4.78 is 10.4. The third-order valence-electron chi connectivity index (χ3n) is 2.61. The highest BCUT2D eigenvalue weighted by atomic mass is 16.6. The lowest BCUT2D eigenvalue weighted by molar-refractivity contribution is -0.384. The third-order valence-corrected chi connectivity index (χ3v) is 2.61. The maximum absolute atomic E-state index is 11.0. The molecule has 0 radical (unpaired) electrons. The summed E-state index contributed by atoms with van der Waals surface area (Å²) in [5.41, 5.74) is 0.405. The normalized spacial score (nSPS) is 10.2. The first kappa shape index (κ1) is 15.2. The maximum Gasteiger partial charge on any atom is 0.333 e. The number of methoxy groups -OCH3 is 1. The molecule has 1 aromatic rings. The second kappa shape index (κ2) is 8.31. The summed E-state index contributed by atoms with van der Waals surface area (Å²) in [6.45, 7) is 3.87. The third kappa shape index (κ3) is 4.75. The highest BCUT2D eigenvalue weighted by Gasteiger charge is 2.19. The van der Waals surface area contributed by atoms with Gasteiger partial charge in [0.05, 0.1) is 18.6 Å². The molecule has 0 saturated carbocycles. The first-order valence-corrected chi connectivity index (χ1v) is 6.33. The van der Waals surface area contributed by atoms with Crippen molar-refractivity contribution in [3.63, 3.8) is 0 Å². The fraction of sp³-hybridized carbons (Fsp3) is 0.538. The lowest BCUT2D eigenvalue weighted by Gasteiger charge is -2.09. The van der Waals surface area contributed by atoms with Crippen LogP contribution in [0.5, 0.6) is 5.75 Å². The first-order valence-electron chi connectivity index (χ1n) is 6.33. The maximum atomic E-state index is 11.0. The molecule has 0 amide bonds. The Morgan fingerprint density at radius 3 is 2.79 bits per heavy atom. The van der Waals surface area contributed by atoms with Gasteiger partial charge in [-0.1, -0.05) is 19.4 Å². The standard InChI is InChI=1S/C13H20N2O4/c1-3-4-9-19-10-8-14-11-6-5-7-12(18-2)13(11)15(16)17/h5-7,14H,3-4,8-10H2,1-2H3. The van der Waals surface area contributed by atoms with Gasteiger partial charge in [0.25, 0.3) is 0 Å². The van der Waals surface area contributed by atoms with Crippen LogP contribution >= 0.6 is 0 Å². The van der Waals surface area contributed by atoms with E-state index in [0.29, 0.717) is 18.8 Å². The molecule has 0 aliphatic rings. The molecule has 0 spiro atoms. The largest absolute Gasteiger partial charge is 0.490 e. The molecule has 1 N–H and O–H groups in total. The van der Waals surface area contributed by atoms with Gasteiger partial charge in [-0.2, -0.15) is 0 Å². The molecular formula is C13H20N2O4. The molecule has 0 aliphatic carbocycles. The van der Waals surface area contributed by atoms with E-state index in [9.17, 15) is 10.1 Å². The zero-order chi connectivity index (χ0) is 14.1. The zero-order valence-electron chi connectivity index (χ0n) is 11.3. The molecule has 0 heterocycles. The van der Waals surface area contributed by atoms with Gasteiger partial charge in [0.15, 0.2) is 5.75 Å². The van der Waals surface area contributed by atoms with Crippen molar-refractivity contribution in [2.45, 2.75) is 19.8 Å². The van der Waals surface area contributed by atoms with Gasteiger partial charge < -0.3 is 14.8 Å². The van der Waals surface area contributed by atoms with Crippen LogP contribution in [0, 0.1) is 10.1 Å². The van der Waals surface area contributed by atoms with Crippen molar-refractivity contribution in [3.05, 3.63) is 28.3 Å². The predicted molar refractivity (Wildman–Crippen MR) is 73.9 cm³/mol. The summed E-state index contributed by atoms with van der Waals surface area (Å²) in [6, 6.07) is 4.94. The highest BCUT2D eigenvalue weighted by Crippen LogP contribution is 2.34. The van der Waals surface area contributed by atoms with Gasteiger partial charge in [-0.25, -0.2) is 0 Å². The van der Waals surface area contributed by atoms with Crippen molar-refractivity contribution in [3.8, 4) is 5.75 Å². The molecule has 0 aliphatic heterocycles. The minimum Gasteiger partial charge on any atom is -0.490 e. The number of unbranched alkanes of at least 4 members (excludes halogenated alkanes) is 1. The Bertz CT molecular complexity index is 410. The van der Waals surface area contributed by atoms with Crippen LogP contribution in [0.1, 0.15) is 19.8 Å². The van der Waals surface area contributed by atoms with Gasteiger partial charge in [0, 0.05) is 13.2 Å². The van der Waals surface area contributed by atoms with E-state index in [1.165, 1.54) is 7.11 Å². The molecule has 0 atom stereocenters. The van der Waals surface area contributed by atoms with Crippen LogP contribution in [0.4, 0.5) is 11.4 Å². The van der Waals surface area contributed by atoms with E-state index in [1.54, 1.807) is 18.2 Å². The predicted octanol–water partition coefficient (Wildman–Crippen LogP) is 2.83. The van der Waals surface area contributed by atoms with Crippen molar-refractivity contribution in [1.82, 2.24) is 0 Å².